The van der Waals surface area contributed by atoms with E-state index in [9.17, 15) is 0 Å². The maximum Gasteiger partial charge on any atom is 0.0279 e. The average molecular weight is 244 g/mol. The molecule has 0 amide bonds. The Labute approximate surface area is 110 Å². The van der Waals surface area contributed by atoms with Crippen molar-refractivity contribution in [3.8, 4) is 0 Å². The normalized spacial score (nSPS) is 31.2. The zero-order valence-electron chi connectivity index (χ0n) is 11.4. The van der Waals surface area contributed by atoms with Crippen LogP contribution in [0.15, 0.2) is 18.2 Å². The van der Waals surface area contributed by atoms with Gasteiger partial charge in [0.15, 0.2) is 0 Å². The molecule has 3 N–H and O–H groups in total. The summed E-state index contributed by atoms with van der Waals surface area (Å²) in [5.74, 6) is 8.64. The van der Waals surface area contributed by atoms with E-state index in [2.05, 4.69) is 37.5 Å². The standard InChI is InChI=1S/C16H24N2/c1-10-3-11(2)5-12(4-10)6-16(18-17)15-8-13-7-14(13)9-15/h3-5,13-16,18H,6-9,17H2,1-2H3. The molecule has 98 valence electrons. The second kappa shape index (κ2) is 4.67. The summed E-state index contributed by atoms with van der Waals surface area (Å²) < 4.78 is 0. The van der Waals surface area contributed by atoms with Crippen LogP contribution in [0.3, 0.4) is 0 Å². The molecule has 3 unspecified atom stereocenters. The third kappa shape index (κ3) is 2.45. The van der Waals surface area contributed by atoms with Gasteiger partial charge in [0.05, 0.1) is 0 Å². The lowest BCUT2D eigenvalue weighted by Crippen LogP contribution is -2.42. The number of hydrogen-bond donors (Lipinski definition) is 2. The summed E-state index contributed by atoms with van der Waals surface area (Å²) in [6.07, 6.45) is 5.34. The molecule has 0 bridgehead atoms. The Balaban J connectivity index is 1.68. The molecule has 1 aromatic carbocycles. The van der Waals surface area contributed by atoms with Crippen molar-refractivity contribution in [2.75, 3.05) is 0 Å². The van der Waals surface area contributed by atoms with E-state index in [4.69, 9.17) is 5.84 Å². The van der Waals surface area contributed by atoms with Crippen molar-refractivity contribution >= 4 is 0 Å². The number of benzene rings is 1. The van der Waals surface area contributed by atoms with Gasteiger partial charge in [-0.05, 0) is 62.8 Å². The first kappa shape index (κ1) is 12.2. The van der Waals surface area contributed by atoms with Gasteiger partial charge in [0.25, 0.3) is 0 Å². The van der Waals surface area contributed by atoms with Crippen LogP contribution in [0, 0.1) is 31.6 Å². The molecule has 2 aliphatic rings. The summed E-state index contributed by atoms with van der Waals surface area (Å²) in [5.41, 5.74) is 7.21. The minimum atomic E-state index is 0.457. The zero-order valence-corrected chi connectivity index (χ0v) is 11.4. The van der Waals surface area contributed by atoms with Gasteiger partial charge < -0.3 is 0 Å². The Kier molecular flexibility index (Phi) is 3.16. The first-order valence-electron chi connectivity index (χ1n) is 7.19. The molecule has 0 aromatic heterocycles. The van der Waals surface area contributed by atoms with Crippen molar-refractivity contribution in [2.24, 2.45) is 23.6 Å². The van der Waals surface area contributed by atoms with Crippen molar-refractivity contribution in [1.29, 1.82) is 0 Å². The van der Waals surface area contributed by atoms with Crippen LogP contribution in [-0.2, 0) is 6.42 Å². The number of nitrogens with two attached hydrogens (primary N) is 1. The summed E-state index contributed by atoms with van der Waals surface area (Å²) in [6.45, 7) is 4.35. The molecule has 2 heteroatoms. The van der Waals surface area contributed by atoms with E-state index in [0.29, 0.717) is 6.04 Å². The molecule has 1 aromatic rings. The number of fused-ring (bicyclic) bond motifs is 1. The molecular weight excluding hydrogens is 220 g/mol. The van der Waals surface area contributed by atoms with E-state index in [1.807, 2.05) is 0 Å². The molecule has 2 aliphatic carbocycles. The van der Waals surface area contributed by atoms with Crippen LogP contribution in [0.5, 0.6) is 0 Å². The molecular formula is C16H24N2. The molecule has 2 nitrogen and oxygen atoms in total. The monoisotopic (exact) mass is 244 g/mol. The first-order valence-corrected chi connectivity index (χ1v) is 7.19. The maximum atomic E-state index is 5.79. The van der Waals surface area contributed by atoms with Gasteiger partial charge in [-0.15, -0.1) is 0 Å². The molecule has 0 heterocycles. The lowest BCUT2D eigenvalue weighted by atomic mass is 9.89. The third-order valence-corrected chi connectivity index (χ3v) is 4.80. The van der Waals surface area contributed by atoms with E-state index < -0.39 is 0 Å². The number of rotatable bonds is 4. The molecule has 2 saturated carbocycles. The van der Waals surface area contributed by atoms with Gasteiger partial charge in [-0.1, -0.05) is 29.3 Å². The summed E-state index contributed by atoms with van der Waals surface area (Å²) in [6, 6.07) is 7.29. The smallest absolute Gasteiger partial charge is 0.0279 e. The van der Waals surface area contributed by atoms with Gasteiger partial charge in [-0.2, -0.15) is 0 Å². The second-order valence-electron chi connectivity index (χ2n) is 6.46. The molecule has 0 saturated heterocycles. The largest absolute Gasteiger partial charge is 0.271 e. The van der Waals surface area contributed by atoms with Gasteiger partial charge in [-0.3, -0.25) is 11.3 Å². The molecule has 3 atom stereocenters. The van der Waals surface area contributed by atoms with Crippen molar-refractivity contribution in [1.82, 2.24) is 5.43 Å². The molecule has 0 aliphatic heterocycles. The Hall–Kier alpha value is -0.860. The molecule has 0 spiro atoms. The fourth-order valence-corrected chi connectivity index (χ4v) is 3.89. The molecule has 2 fully saturated rings. The summed E-state index contributed by atoms with van der Waals surface area (Å²) in [5, 5.41) is 0. The van der Waals surface area contributed by atoms with Gasteiger partial charge in [0.1, 0.15) is 0 Å². The number of aryl methyl sites for hydroxylation is 2. The van der Waals surface area contributed by atoms with E-state index in [0.717, 1.165) is 24.2 Å². The highest BCUT2D eigenvalue weighted by Crippen LogP contribution is 2.55. The minimum Gasteiger partial charge on any atom is -0.271 e. The highest BCUT2D eigenvalue weighted by atomic mass is 15.2. The Bertz CT molecular complexity index is 410. The van der Waals surface area contributed by atoms with Crippen LogP contribution < -0.4 is 11.3 Å². The Morgan fingerprint density at radius 3 is 2.28 bits per heavy atom. The highest BCUT2D eigenvalue weighted by Gasteiger charge is 2.47. The van der Waals surface area contributed by atoms with Crippen molar-refractivity contribution < 1.29 is 0 Å². The lowest BCUT2D eigenvalue weighted by molar-refractivity contribution is 0.336. The first-order chi connectivity index (χ1) is 8.65. The van der Waals surface area contributed by atoms with Crippen LogP contribution in [0.2, 0.25) is 0 Å². The maximum absolute atomic E-state index is 5.79. The van der Waals surface area contributed by atoms with Crippen LogP contribution in [0.4, 0.5) is 0 Å². The summed E-state index contributed by atoms with van der Waals surface area (Å²) in [4.78, 5) is 0. The number of hydrazine groups is 1. The van der Waals surface area contributed by atoms with E-state index in [-0.39, 0.29) is 0 Å². The van der Waals surface area contributed by atoms with Crippen LogP contribution >= 0.6 is 0 Å². The van der Waals surface area contributed by atoms with Crippen molar-refractivity contribution in [3.05, 3.63) is 34.9 Å². The Morgan fingerprint density at radius 2 is 1.72 bits per heavy atom. The molecule has 0 radical (unpaired) electrons. The second-order valence-corrected chi connectivity index (χ2v) is 6.46. The van der Waals surface area contributed by atoms with E-state index in [1.165, 1.54) is 36.0 Å². The van der Waals surface area contributed by atoms with Crippen LogP contribution in [0.25, 0.3) is 0 Å². The molecule has 18 heavy (non-hydrogen) atoms. The SMILES string of the molecule is Cc1cc(C)cc(CC(NN)C2CC3CC3C2)c1. The van der Waals surface area contributed by atoms with Crippen LogP contribution in [0.1, 0.15) is 36.0 Å². The fraction of sp³-hybridized carbons (Fsp3) is 0.625. The Morgan fingerprint density at radius 1 is 1.11 bits per heavy atom. The molecule has 3 rings (SSSR count). The van der Waals surface area contributed by atoms with Gasteiger partial charge in [-0.25, -0.2) is 0 Å². The average Bonchev–Trinajstić information content (AvgIpc) is 2.92. The summed E-state index contributed by atoms with van der Waals surface area (Å²) in [7, 11) is 0. The minimum absolute atomic E-state index is 0.457. The quantitative estimate of drug-likeness (QED) is 0.631. The predicted molar refractivity (Wildman–Crippen MR) is 75.1 cm³/mol. The van der Waals surface area contributed by atoms with Gasteiger partial charge >= 0.3 is 0 Å². The fourth-order valence-electron chi connectivity index (χ4n) is 3.89. The lowest BCUT2D eigenvalue weighted by Gasteiger charge is -2.24. The van der Waals surface area contributed by atoms with Gasteiger partial charge in [0.2, 0.25) is 0 Å². The predicted octanol–water partition coefficient (Wildman–Crippen LogP) is 2.72. The van der Waals surface area contributed by atoms with E-state index >= 15 is 0 Å². The highest BCUT2D eigenvalue weighted by molar-refractivity contribution is 5.29. The zero-order chi connectivity index (χ0) is 12.7. The van der Waals surface area contributed by atoms with E-state index in [1.54, 1.807) is 0 Å². The summed E-state index contributed by atoms with van der Waals surface area (Å²) >= 11 is 0. The van der Waals surface area contributed by atoms with Crippen molar-refractivity contribution in [3.63, 3.8) is 0 Å². The number of nitrogens with one attached hydrogen (secondary N) is 1. The van der Waals surface area contributed by atoms with Crippen LogP contribution in [-0.4, -0.2) is 6.04 Å². The third-order valence-electron chi connectivity index (χ3n) is 4.80. The van der Waals surface area contributed by atoms with Gasteiger partial charge in [0, 0.05) is 6.04 Å². The topological polar surface area (TPSA) is 38.0 Å². The number of hydrogen-bond acceptors (Lipinski definition) is 2. The van der Waals surface area contributed by atoms with Crippen molar-refractivity contribution in [2.45, 2.75) is 45.6 Å².